The van der Waals surface area contributed by atoms with Crippen LogP contribution in [-0.2, 0) is 9.53 Å². The number of rotatable bonds is 11. The van der Waals surface area contributed by atoms with Crippen molar-refractivity contribution in [2.75, 3.05) is 26.1 Å². The summed E-state index contributed by atoms with van der Waals surface area (Å²) < 4.78 is 18.0. The van der Waals surface area contributed by atoms with E-state index < -0.39 is 6.04 Å². The van der Waals surface area contributed by atoms with Crippen LogP contribution in [0.5, 0.6) is 11.5 Å². The van der Waals surface area contributed by atoms with E-state index in [4.69, 9.17) is 14.2 Å². The molecule has 0 fully saturated rings. The van der Waals surface area contributed by atoms with Crippen LogP contribution >= 0.6 is 0 Å². The number of carbonyl (C=O) groups is 1. The molecule has 0 saturated carbocycles. The molecular formula is C22H31N5O4. The zero-order valence-corrected chi connectivity index (χ0v) is 18.7. The summed E-state index contributed by atoms with van der Waals surface area (Å²) in [4.78, 5) is 13.1. The molecule has 9 heteroatoms. The fraction of sp³-hybridized carbons (Fsp3) is 0.545. The molecule has 2 heterocycles. The van der Waals surface area contributed by atoms with Crippen molar-refractivity contribution in [3.8, 4) is 11.5 Å². The molecule has 0 radical (unpaired) electrons. The van der Waals surface area contributed by atoms with Gasteiger partial charge in [0, 0.05) is 5.70 Å². The van der Waals surface area contributed by atoms with E-state index >= 15 is 0 Å². The Labute approximate surface area is 182 Å². The number of nitrogens with zero attached hydrogens (tertiary/aromatic N) is 4. The molecule has 1 aromatic carbocycles. The molecule has 168 valence electrons. The first-order chi connectivity index (χ1) is 15.1. The number of hydrogen-bond donors (Lipinski definition) is 1. The van der Waals surface area contributed by atoms with Gasteiger partial charge in [-0.2, -0.15) is 4.68 Å². The van der Waals surface area contributed by atoms with Crippen molar-refractivity contribution in [2.24, 2.45) is 0 Å². The minimum absolute atomic E-state index is 0.375. The number of ether oxygens (including phenoxy) is 3. The van der Waals surface area contributed by atoms with E-state index in [0.717, 1.165) is 24.8 Å². The highest BCUT2D eigenvalue weighted by Gasteiger charge is 2.35. The molecule has 1 aliphatic rings. The molecule has 1 N–H and O–H groups in total. The summed E-state index contributed by atoms with van der Waals surface area (Å²) in [6, 6.07) is 4.96. The maximum Gasteiger partial charge on any atom is 0.338 e. The standard InChI is InChI=1S/C22H31N5O4/c1-5-6-7-8-9-10-13-31-21(28)19-15(2)23-22-24-25-26-27(22)20(19)16-11-12-17(29-3)18(14-16)30-4/h11-12,14,20H,5-10,13H2,1-4H3,(H,23,24,26)/t20-/m1/s1. The third-order valence-corrected chi connectivity index (χ3v) is 5.39. The maximum atomic E-state index is 13.1. The Hall–Kier alpha value is -3.10. The molecule has 3 rings (SSSR count). The highest BCUT2D eigenvalue weighted by molar-refractivity contribution is 5.92. The number of carbonyl (C=O) groups excluding carboxylic acids is 1. The third-order valence-electron chi connectivity index (χ3n) is 5.39. The number of unbranched alkanes of at least 4 members (excludes halogenated alkanes) is 5. The first-order valence-corrected chi connectivity index (χ1v) is 10.7. The van der Waals surface area contributed by atoms with Crippen LogP contribution in [0.2, 0.25) is 0 Å². The molecule has 2 aromatic rings. The number of fused-ring (bicyclic) bond motifs is 1. The fourth-order valence-electron chi connectivity index (χ4n) is 3.73. The smallest absolute Gasteiger partial charge is 0.338 e. The summed E-state index contributed by atoms with van der Waals surface area (Å²) in [5.74, 6) is 1.25. The van der Waals surface area contributed by atoms with Crippen LogP contribution in [0.25, 0.3) is 0 Å². The lowest BCUT2D eigenvalue weighted by atomic mass is 9.95. The lowest BCUT2D eigenvalue weighted by Gasteiger charge is -2.27. The van der Waals surface area contributed by atoms with Crippen molar-refractivity contribution in [2.45, 2.75) is 58.4 Å². The number of aromatic nitrogens is 4. The second-order valence-electron chi connectivity index (χ2n) is 7.53. The average Bonchev–Trinajstić information content (AvgIpc) is 3.24. The van der Waals surface area contributed by atoms with Gasteiger partial charge in [-0.25, -0.2) is 4.79 Å². The quantitative estimate of drug-likeness (QED) is 0.424. The minimum Gasteiger partial charge on any atom is -0.493 e. The summed E-state index contributed by atoms with van der Waals surface area (Å²) in [5.41, 5.74) is 1.92. The van der Waals surface area contributed by atoms with E-state index in [2.05, 4.69) is 27.8 Å². The van der Waals surface area contributed by atoms with Crippen LogP contribution < -0.4 is 14.8 Å². The molecule has 0 spiro atoms. The number of anilines is 1. The molecule has 1 atom stereocenters. The van der Waals surface area contributed by atoms with Crippen LogP contribution in [0.1, 0.15) is 64.0 Å². The summed E-state index contributed by atoms with van der Waals surface area (Å²) in [6.07, 6.45) is 6.76. The van der Waals surface area contributed by atoms with Crippen LogP contribution in [0.4, 0.5) is 5.95 Å². The molecular weight excluding hydrogens is 398 g/mol. The largest absolute Gasteiger partial charge is 0.493 e. The van der Waals surface area contributed by atoms with Crippen molar-refractivity contribution in [3.05, 3.63) is 35.0 Å². The Kier molecular flexibility index (Phi) is 7.86. The van der Waals surface area contributed by atoms with E-state index in [9.17, 15) is 4.79 Å². The van der Waals surface area contributed by atoms with E-state index in [-0.39, 0.29) is 5.97 Å². The second-order valence-corrected chi connectivity index (χ2v) is 7.53. The van der Waals surface area contributed by atoms with Gasteiger partial charge in [0.1, 0.15) is 6.04 Å². The molecule has 0 unspecified atom stereocenters. The average molecular weight is 430 g/mol. The lowest BCUT2D eigenvalue weighted by molar-refractivity contribution is -0.139. The molecule has 0 saturated heterocycles. The number of benzene rings is 1. The number of esters is 1. The Balaban J connectivity index is 1.80. The van der Waals surface area contributed by atoms with Gasteiger partial charge in [0.05, 0.1) is 26.4 Å². The highest BCUT2D eigenvalue weighted by atomic mass is 16.5. The first-order valence-electron chi connectivity index (χ1n) is 10.7. The Bertz CT molecular complexity index is 924. The minimum atomic E-state index is -0.539. The van der Waals surface area contributed by atoms with Gasteiger partial charge in [-0.3, -0.25) is 0 Å². The zero-order valence-electron chi connectivity index (χ0n) is 18.7. The van der Waals surface area contributed by atoms with Gasteiger partial charge < -0.3 is 19.5 Å². The Morgan fingerprint density at radius 1 is 1.10 bits per heavy atom. The van der Waals surface area contributed by atoms with Crippen molar-refractivity contribution in [1.82, 2.24) is 20.2 Å². The van der Waals surface area contributed by atoms with E-state index in [1.807, 2.05) is 19.1 Å². The van der Waals surface area contributed by atoms with E-state index in [1.165, 1.54) is 19.3 Å². The highest BCUT2D eigenvalue weighted by Crippen LogP contribution is 2.38. The summed E-state index contributed by atoms with van der Waals surface area (Å²) in [7, 11) is 3.15. The van der Waals surface area contributed by atoms with E-state index in [1.54, 1.807) is 25.0 Å². The summed E-state index contributed by atoms with van der Waals surface area (Å²) >= 11 is 0. The molecule has 0 amide bonds. The third kappa shape index (κ3) is 5.15. The van der Waals surface area contributed by atoms with E-state index in [0.29, 0.717) is 35.3 Å². The van der Waals surface area contributed by atoms with Crippen molar-refractivity contribution >= 4 is 11.9 Å². The Morgan fingerprint density at radius 2 is 1.84 bits per heavy atom. The maximum absolute atomic E-state index is 13.1. The van der Waals surface area contributed by atoms with Crippen LogP contribution in [0.3, 0.4) is 0 Å². The van der Waals surface area contributed by atoms with Gasteiger partial charge in [-0.05, 0) is 41.5 Å². The van der Waals surface area contributed by atoms with Crippen molar-refractivity contribution < 1.29 is 19.0 Å². The van der Waals surface area contributed by atoms with Gasteiger partial charge in [0.25, 0.3) is 0 Å². The molecule has 0 bridgehead atoms. The topological polar surface area (TPSA) is 100 Å². The monoisotopic (exact) mass is 429 g/mol. The number of methoxy groups -OCH3 is 2. The van der Waals surface area contributed by atoms with Crippen molar-refractivity contribution in [1.29, 1.82) is 0 Å². The second kappa shape index (κ2) is 10.8. The predicted octanol–water partition coefficient (Wildman–Crippen LogP) is 3.88. The molecule has 0 aliphatic carbocycles. The molecule has 1 aliphatic heterocycles. The summed E-state index contributed by atoms with van der Waals surface area (Å²) in [5, 5.41) is 15.0. The van der Waals surface area contributed by atoms with Gasteiger partial charge in [0.15, 0.2) is 11.5 Å². The number of allylic oxidation sites excluding steroid dienone is 1. The Morgan fingerprint density at radius 3 is 2.58 bits per heavy atom. The predicted molar refractivity (Wildman–Crippen MR) is 116 cm³/mol. The number of tetrazole rings is 1. The normalized spacial score (nSPS) is 15.3. The van der Waals surface area contributed by atoms with Crippen LogP contribution in [-0.4, -0.2) is 47.0 Å². The molecule has 9 nitrogen and oxygen atoms in total. The van der Waals surface area contributed by atoms with Gasteiger partial charge >= 0.3 is 5.97 Å². The van der Waals surface area contributed by atoms with Gasteiger partial charge in [-0.1, -0.05) is 50.2 Å². The SMILES string of the molecule is CCCCCCCCOC(=O)C1=C(C)Nc2nnnn2[C@@H]1c1ccc(OC)c(OC)c1. The lowest BCUT2D eigenvalue weighted by Crippen LogP contribution is -2.30. The van der Waals surface area contributed by atoms with Gasteiger partial charge in [-0.15, -0.1) is 0 Å². The summed E-state index contributed by atoms with van der Waals surface area (Å²) in [6.45, 7) is 4.41. The number of nitrogens with one attached hydrogen (secondary N) is 1. The first kappa shape index (κ1) is 22.6. The van der Waals surface area contributed by atoms with Crippen LogP contribution in [0, 0.1) is 0 Å². The molecule has 31 heavy (non-hydrogen) atoms. The van der Waals surface area contributed by atoms with Crippen LogP contribution in [0.15, 0.2) is 29.5 Å². The zero-order chi connectivity index (χ0) is 22.2. The van der Waals surface area contributed by atoms with Gasteiger partial charge in [0.2, 0.25) is 5.95 Å². The fourth-order valence-corrected chi connectivity index (χ4v) is 3.73. The molecule has 1 aromatic heterocycles. The number of hydrogen-bond acceptors (Lipinski definition) is 8. The van der Waals surface area contributed by atoms with Crippen molar-refractivity contribution in [3.63, 3.8) is 0 Å².